The number of nitriles is 1. The van der Waals surface area contributed by atoms with Gasteiger partial charge in [0.25, 0.3) is 23.6 Å². The SMILES string of the molecule is CN(C1CCC(N)CC1)C1CCC(C#N)C(Cl)C1.O=C1CCC(N2C(=O)c3cc4c(cc3C2=O)CN(CC2CCN(c3ccc(C(=O)O)cc3)CC2)C4)C(=O)N1.[C-]#[N+]c1ccc(N(C)C2CCC(CC(=O)c3ccc(N4CCC(CN5Cc6cc7c(cc6C5)C(=O)N(C5CCC(=O)NC5=O)C7=O)CC4)cc3)CC2)cc1Cl. The molecule has 8 aliphatic heterocycles. The minimum atomic E-state index is -0.957. The van der Waals surface area contributed by atoms with E-state index in [9.17, 15) is 47.9 Å². The number of amides is 8. The number of hydrogen-bond donors (Lipinski definition) is 4. The minimum absolute atomic E-state index is 0.0297. The van der Waals surface area contributed by atoms with Crippen molar-refractivity contribution in [3.63, 3.8) is 0 Å². The molecule has 0 aromatic heterocycles. The number of carboxylic acid groups (broad SMARTS) is 1. The molecule has 8 heterocycles. The van der Waals surface area contributed by atoms with Gasteiger partial charge in [0.05, 0.1) is 51.8 Å². The van der Waals surface area contributed by atoms with Crippen LogP contribution in [-0.2, 0) is 45.4 Å². The molecule has 111 heavy (non-hydrogen) atoms. The Morgan fingerprint density at radius 1 is 0.559 bits per heavy atom. The van der Waals surface area contributed by atoms with Gasteiger partial charge in [-0.3, -0.25) is 73.4 Å². The lowest BCUT2D eigenvalue weighted by Crippen LogP contribution is -2.54. The van der Waals surface area contributed by atoms with Crippen LogP contribution in [0.5, 0.6) is 0 Å². The Kier molecular flexibility index (Phi) is 23.9. The van der Waals surface area contributed by atoms with Crippen LogP contribution in [0.25, 0.3) is 4.85 Å². The number of carbonyl (C=O) groups excluding carboxylic acids is 9. The summed E-state index contributed by atoms with van der Waals surface area (Å²) in [6.07, 6.45) is 17.0. The molecule has 3 aliphatic carbocycles. The molecule has 582 valence electrons. The molecular weight excluding hydrogens is 1450 g/mol. The molecule has 3 saturated carbocycles. The van der Waals surface area contributed by atoms with E-state index >= 15 is 0 Å². The molecule has 5 aromatic carbocycles. The fourth-order valence-electron chi connectivity index (χ4n) is 18.8. The number of fused-ring (bicyclic) bond motifs is 4. The molecule has 24 nitrogen and oxygen atoms in total. The summed E-state index contributed by atoms with van der Waals surface area (Å²) in [6.45, 7) is 15.6. The number of aromatic carboxylic acids is 1. The average Bonchev–Trinajstić information content (AvgIpc) is 1.60. The zero-order chi connectivity index (χ0) is 78.1. The fourth-order valence-corrected chi connectivity index (χ4v) is 19.4. The van der Waals surface area contributed by atoms with E-state index in [-0.39, 0.29) is 60.1 Å². The third-order valence-electron chi connectivity index (χ3n) is 25.5. The number of hydrogen-bond acceptors (Lipinski definition) is 18. The Morgan fingerprint density at radius 3 is 1.40 bits per heavy atom. The highest BCUT2D eigenvalue weighted by atomic mass is 35.5. The number of Topliss-reactive ketones (excluding diaryl/α,β-unsaturated/α-hetero) is 1. The number of imide groups is 4. The summed E-state index contributed by atoms with van der Waals surface area (Å²) in [5, 5.41) is 23.1. The molecular formula is C85H97Cl2N13O11. The molecule has 4 saturated heterocycles. The first kappa shape index (κ1) is 78.3. The Balaban J connectivity index is 0.000000157. The third-order valence-corrected chi connectivity index (χ3v) is 26.3. The molecule has 5 unspecified atom stereocenters. The second-order valence-electron chi connectivity index (χ2n) is 32.4. The number of nitrogens with one attached hydrogen (secondary N) is 2. The number of carbonyl (C=O) groups is 10. The van der Waals surface area contributed by atoms with Crippen molar-refractivity contribution in [3.05, 3.63) is 163 Å². The van der Waals surface area contributed by atoms with Crippen molar-refractivity contribution < 1.29 is 53.1 Å². The van der Waals surface area contributed by atoms with E-state index in [1.54, 1.807) is 30.3 Å². The van der Waals surface area contributed by atoms with Crippen LogP contribution in [0.4, 0.5) is 22.7 Å². The molecule has 5 aromatic rings. The van der Waals surface area contributed by atoms with Crippen molar-refractivity contribution in [1.82, 2.24) is 35.1 Å². The van der Waals surface area contributed by atoms with Crippen LogP contribution in [0.2, 0.25) is 5.02 Å². The number of rotatable bonds is 16. The van der Waals surface area contributed by atoms with Gasteiger partial charge in [-0.25, -0.2) is 9.64 Å². The predicted octanol–water partition coefficient (Wildman–Crippen LogP) is 11.3. The number of carboxylic acids is 1. The van der Waals surface area contributed by atoms with Crippen LogP contribution in [0.3, 0.4) is 0 Å². The second-order valence-corrected chi connectivity index (χ2v) is 33.4. The predicted molar refractivity (Wildman–Crippen MR) is 419 cm³/mol. The van der Waals surface area contributed by atoms with Gasteiger partial charge in [-0.05, 0) is 241 Å². The van der Waals surface area contributed by atoms with Crippen LogP contribution < -0.4 is 31.1 Å². The highest BCUT2D eigenvalue weighted by Crippen LogP contribution is 2.41. The Morgan fingerprint density at radius 2 is 0.991 bits per heavy atom. The number of benzene rings is 5. The van der Waals surface area contributed by atoms with Crippen molar-refractivity contribution in [2.75, 3.05) is 68.1 Å². The number of nitrogens with zero attached hydrogens (tertiary/aromatic N) is 10. The van der Waals surface area contributed by atoms with Crippen molar-refractivity contribution >= 4 is 105 Å². The average molecular weight is 1550 g/mol. The highest BCUT2D eigenvalue weighted by Gasteiger charge is 2.48. The van der Waals surface area contributed by atoms with Crippen LogP contribution in [0, 0.1) is 41.6 Å². The van der Waals surface area contributed by atoms with Crippen LogP contribution in [0.1, 0.15) is 213 Å². The van der Waals surface area contributed by atoms with E-state index in [1.807, 2.05) is 48.5 Å². The molecule has 8 amide bonds. The summed E-state index contributed by atoms with van der Waals surface area (Å²) in [5.74, 6) is -3.05. The van der Waals surface area contributed by atoms with Gasteiger partial charge in [0.1, 0.15) is 12.1 Å². The molecule has 0 bridgehead atoms. The van der Waals surface area contributed by atoms with Gasteiger partial charge < -0.3 is 30.4 Å². The second kappa shape index (κ2) is 33.9. The summed E-state index contributed by atoms with van der Waals surface area (Å²) in [5.41, 5.74) is 16.2. The van der Waals surface area contributed by atoms with Crippen LogP contribution in [-0.4, -0.2) is 184 Å². The number of anilines is 3. The molecule has 26 heteroatoms. The first-order valence-electron chi connectivity index (χ1n) is 39.5. The van der Waals surface area contributed by atoms with Crippen LogP contribution in [0.15, 0.2) is 91.0 Å². The lowest BCUT2D eigenvalue weighted by Gasteiger charge is -2.41. The zero-order valence-electron chi connectivity index (χ0n) is 63.1. The lowest BCUT2D eigenvalue weighted by molar-refractivity contribution is -0.137. The van der Waals surface area contributed by atoms with Crippen molar-refractivity contribution in [2.45, 2.75) is 196 Å². The molecule has 11 aliphatic rings. The highest BCUT2D eigenvalue weighted by molar-refractivity contribution is 6.33. The molecule has 5 atom stereocenters. The number of nitrogens with two attached hydrogens (primary N) is 1. The third kappa shape index (κ3) is 17.2. The fraction of sp³-hybridized carbons (Fsp3) is 0.506. The first-order valence-corrected chi connectivity index (χ1v) is 40.3. The Bertz CT molecular complexity index is 4460. The topological polar surface area (TPSA) is 295 Å². The lowest BCUT2D eigenvalue weighted by atomic mass is 9.82. The zero-order valence-corrected chi connectivity index (χ0v) is 64.6. The molecule has 0 radical (unpaired) electrons. The molecule has 16 rings (SSSR count). The first-order chi connectivity index (χ1) is 53.4. The number of piperidine rings is 4. The largest absolute Gasteiger partial charge is 0.478 e. The van der Waals surface area contributed by atoms with Gasteiger partial charge in [-0.2, -0.15) is 5.26 Å². The summed E-state index contributed by atoms with van der Waals surface area (Å²) in [7, 11) is 4.31. The van der Waals surface area contributed by atoms with Gasteiger partial charge in [-0.15, -0.1) is 11.6 Å². The van der Waals surface area contributed by atoms with Crippen molar-refractivity contribution in [2.24, 2.45) is 29.4 Å². The molecule has 0 spiro atoms. The Labute approximate surface area is 657 Å². The summed E-state index contributed by atoms with van der Waals surface area (Å²) < 4.78 is 0. The smallest absolute Gasteiger partial charge is 0.335 e. The van der Waals surface area contributed by atoms with Crippen molar-refractivity contribution in [3.8, 4) is 6.07 Å². The standard InChI is InChI=1S/C43H45ClN6O5.C28H28N4O6.C14H24ClN3/c1-45-37-12-11-33(22-36(37)44)47(2)31-7-3-26(4-8-31)19-39(51)28-5-9-32(10-6-28)49-17-15-27(16-18-49)23-48-24-29-20-34-35(21-30(29)25-48)43(55)50(42(34)54)38-13-14-40(52)46-41(38)53;33-24-6-5-23(25(34)29-24)32-26(35)21-11-18-14-30(15-19(18)12-22(21)27(32)36)13-16-7-9-31(10-8-16)20-3-1-17(2-4-20)28(37)38;1-18(12-6-3-11(17)4-7-12)13-5-2-10(9-16)14(15)8-13/h5-6,9-12,20-22,26-27,31,38H,3-4,7-8,13-19,23-25H2,2H3,(H,46,52,53);1-4,11-12,16,23H,5-10,13-15H2,(H,37,38)(H,29,33,34);10-14H,2-8,17H2,1H3. The molecule has 5 N–H and O–H groups in total. The van der Waals surface area contributed by atoms with Gasteiger partial charge in [0.2, 0.25) is 29.3 Å². The van der Waals surface area contributed by atoms with Gasteiger partial charge in [0.15, 0.2) is 5.78 Å². The minimum Gasteiger partial charge on any atom is -0.478 e. The summed E-state index contributed by atoms with van der Waals surface area (Å²) in [6, 6.07) is 30.5. The maximum atomic E-state index is 13.3. The van der Waals surface area contributed by atoms with E-state index in [2.05, 4.69) is 77.2 Å². The summed E-state index contributed by atoms with van der Waals surface area (Å²) in [4.78, 5) is 145. The number of halogens is 2. The van der Waals surface area contributed by atoms with E-state index in [1.165, 1.54) is 12.8 Å². The Hall–Kier alpha value is -9.40. The quantitative estimate of drug-likeness (QED) is 0.0309. The van der Waals surface area contributed by atoms with Gasteiger partial charge in [-0.1, -0.05) is 17.7 Å². The number of alkyl halides is 1. The van der Waals surface area contributed by atoms with E-state index in [0.717, 1.165) is 177 Å². The van der Waals surface area contributed by atoms with E-state index in [4.69, 9.17) is 45.9 Å². The van der Waals surface area contributed by atoms with Gasteiger partial charge in [0, 0.05) is 144 Å². The number of ketones is 1. The van der Waals surface area contributed by atoms with E-state index in [0.29, 0.717) is 107 Å². The summed E-state index contributed by atoms with van der Waals surface area (Å²) >= 11 is 12.6. The normalized spacial score (nSPS) is 25.7. The van der Waals surface area contributed by atoms with Crippen LogP contribution >= 0.6 is 23.2 Å². The molecule has 7 fully saturated rings. The maximum Gasteiger partial charge on any atom is 0.335 e. The maximum absolute atomic E-state index is 13.3. The van der Waals surface area contributed by atoms with Gasteiger partial charge >= 0.3 is 5.97 Å². The van der Waals surface area contributed by atoms with Crippen molar-refractivity contribution in [1.29, 1.82) is 5.26 Å². The monoisotopic (exact) mass is 1550 g/mol. The van der Waals surface area contributed by atoms with E-state index < -0.39 is 53.5 Å².